The van der Waals surface area contributed by atoms with E-state index >= 15 is 0 Å². The highest BCUT2D eigenvalue weighted by molar-refractivity contribution is 4.95. The van der Waals surface area contributed by atoms with Crippen molar-refractivity contribution >= 4 is 0 Å². The molecule has 2 heterocycles. The van der Waals surface area contributed by atoms with Crippen molar-refractivity contribution in [3.63, 3.8) is 0 Å². The lowest BCUT2D eigenvalue weighted by Gasteiger charge is -2.11. The first kappa shape index (κ1) is 12.5. The molecule has 0 amide bonds. The smallest absolute Gasteiger partial charge is 0.245 e. The van der Waals surface area contributed by atoms with Gasteiger partial charge in [0.05, 0.1) is 6.04 Å². The quantitative estimate of drug-likeness (QED) is 0.853. The Morgan fingerprint density at radius 2 is 2.24 bits per heavy atom. The van der Waals surface area contributed by atoms with E-state index in [4.69, 9.17) is 9.15 Å². The maximum absolute atomic E-state index is 5.73. The average Bonchev–Trinajstić information content (AvgIpc) is 2.94. The van der Waals surface area contributed by atoms with E-state index in [9.17, 15) is 0 Å². The summed E-state index contributed by atoms with van der Waals surface area (Å²) in [5.41, 5.74) is 0. The number of nitrogens with zero attached hydrogens (tertiary/aromatic N) is 2. The molecule has 1 N–H and O–H groups in total. The van der Waals surface area contributed by atoms with Gasteiger partial charge in [-0.2, -0.15) is 0 Å². The van der Waals surface area contributed by atoms with Crippen LogP contribution in [0.1, 0.15) is 57.5 Å². The minimum Gasteiger partial charge on any atom is -0.421 e. The Morgan fingerprint density at radius 1 is 1.41 bits per heavy atom. The Morgan fingerprint density at radius 3 is 2.82 bits per heavy atom. The lowest BCUT2D eigenvalue weighted by molar-refractivity contribution is 0.0698. The molecule has 0 aromatic carbocycles. The van der Waals surface area contributed by atoms with Gasteiger partial charge in [0.25, 0.3) is 0 Å². The van der Waals surface area contributed by atoms with E-state index in [0.29, 0.717) is 17.7 Å². The summed E-state index contributed by atoms with van der Waals surface area (Å²) in [6.45, 7) is 8.01. The molecule has 1 aliphatic heterocycles. The number of aromatic nitrogens is 2. The third-order valence-electron chi connectivity index (χ3n) is 3.24. The molecule has 1 aliphatic rings. The molecule has 5 nitrogen and oxygen atoms in total. The first-order valence-electron chi connectivity index (χ1n) is 6.44. The summed E-state index contributed by atoms with van der Waals surface area (Å²) in [6, 6.07) is 0.151. The number of rotatable bonds is 5. The van der Waals surface area contributed by atoms with E-state index in [1.807, 2.05) is 0 Å². The van der Waals surface area contributed by atoms with Crippen LogP contribution in [-0.2, 0) is 4.74 Å². The van der Waals surface area contributed by atoms with Crippen LogP contribution >= 0.6 is 0 Å². The van der Waals surface area contributed by atoms with Gasteiger partial charge in [0.1, 0.15) is 6.10 Å². The summed E-state index contributed by atoms with van der Waals surface area (Å²) >= 11 is 0. The molecule has 0 bridgehead atoms. The fourth-order valence-corrected chi connectivity index (χ4v) is 2.17. The molecule has 1 fully saturated rings. The van der Waals surface area contributed by atoms with Crippen LogP contribution in [-0.4, -0.2) is 23.3 Å². The van der Waals surface area contributed by atoms with Crippen LogP contribution in [0.3, 0.4) is 0 Å². The maximum Gasteiger partial charge on any atom is 0.245 e. The van der Waals surface area contributed by atoms with E-state index in [0.717, 1.165) is 26.0 Å². The van der Waals surface area contributed by atoms with Crippen molar-refractivity contribution in [2.24, 2.45) is 5.92 Å². The second-order valence-corrected chi connectivity index (χ2v) is 4.55. The second-order valence-electron chi connectivity index (χ2n) is 4.55. The first-order chi connectivity index (χ1) is 8.26. The van der Waals surface area contributed by atoms with Crippen molar-refractivity contribution in [1.82, 2.24) is 15.5 Å². The summed E-state index contributed by atoms with van der Waals surface area (Å²) in [6.07, 6.45) is 1.99. The fraction of sp³-hybridized carbons (Fsp3) is 0.833. The normalized spacial score (nSPS) is 26.3. The monoisotopic (exact) mass is 239 g/mol. The highest BCUT2D eigenvalue weighted by Crippen LogP contribution is 2.33. The minimum absolute atomic E-state index is 0.0182. The minimum atomic E-state index is -0.0182. The Labute approximate surface area is 102 Å². The average molecular weight is 239 g/mol. The Balaban J connectivity index is 2.09. The van der Waals surface area contributed by atoms with Crippen molar-refractivity contribution in [2.45, 2.75) is 45.8 Å². The van der Waals surface area contributed by atoms with Gasteiger partial charge in [-0.05, 0) is 25.3 Å². The highest BCUT2D eigenvalue weighted by Gasteiger charge is 2.31. The summed E-state index contributed by atoms with van der Waals surface area (Å²) in [7, 11) is 0. The van der Waals surface area contributed by atoms with Crippen molar-refractivity contribution in [2.75, 3.05) is 13.2 Å². The van der Waals surface area contributed by atoms with E-state index < -0.39 is 0 Å². The predicted octanol–water partition coefficient (Wildman–Crippen LogP) is 2.23. The molecule has 0 aliphatic carbocycles. The molecule has 3 unspecified atom stereocenters. The van der Waals surface area contributed by atoms with Crippen molar-refractivity contribution in [3.8, 4) is 0 Å². The summed E-state index contributed by atoms with van der Waals surface area (Å²) in [4.78, 5) is 0. The third-order valence-corrected chi connectivity index (χ3v) is 3.24. The molecule has 1 saturated heterocycles. The molecular weight excluding hydrogens is 218 g/mol. The van der Waals surface area contributed by atoms with Crippen LogP contribution in [0.25, 0.3) is 0 Å². The van der Waals surface area contributed by atoms with Gasteiger partial charge >= 0.3 is 0 Å². The SMILES string of the molecule is CCNC(CC)c1nnc(C2OCCC2C)o1. The van der Waals surface area contributed by atoms with E-state index in [1.54, 1.807) is 0 Å². The molecular formula is C12H21N3O2. The predicted molar refractivity (Wildman–Crippen MR) is 63.5 cm³/mol. The van der Waals surface area contributed by atoms with Crippen LogP contribution in [0.5, 0.6) is 0 Å². The molecule has 1 aromatic rings. The zero-order valence-corrected chi connectivity index (χ0v) is 10.8. The van der Waals surface area contributed by atoms with Crippen LogP contribution in [0, 0.1) is 5.92 Å². The maximum atomic E-state index is 5.73. The van der Waals surface area contributed by atoms with E-state index in [2.05, 4.69) is 36.3 Å². The summed E-state index contributed by atoms with van der Waals surface area (Å²) in [5, 5.41) is 11.6. The van der Waals surface area contributed by atoms with Gasteiger partial charge in [-0.1, -0.05) is 20.8 Å². The van der Waals surface area contributed by atoms with Gasteiger partial charge in [-0.3, -0.25) is 0 Å². The molecule has 2 rings (SSSR count). The molecule has 0 spiro atoms. The van der Waals surface area contributed by atoms with Crippen LogP contribution in [0.4, 0.5) is 0 Å². The molecule has 0 saturated carbocycles. The Bertz CT molecular complexity index is 353. The third kappa shape index (κ3) is 2.66. The van der Waals surface area contributed by atoms with Crippen LogP contribution < -0.4 is 5.32 Å². The van der Waals surface area contributed by atoms with Crippen molar-refractivity contribution in [1.29, 1.82) is 0 Å². The first-order valence-corrected chi connectivity index (χ1v) is 6.44. The Kier molecular flexibility index (Phi) is 4.12. The van der Waals surface area contributed by atoms with Gasteiger partial charge < -0.3 is 14.5 Å². The number of ether oxygens (including phenoxy) is 1. The van der Waals surface area contributed by atoms with Gasteiger partial charge in [-0.25, -0.2) is 0 Å². The van der Waals surface area contributed by atoms with E-state index in [-0.39, 0.29) is 12.1 Å². The topological polar surface area (TPSA) is 60.2 Å². The molecule has 17 heavy (non-hydrogen) atoms. The van der Waals surface area contributed by atoms with Crippen LogP contribution in [0.2, 0.25) is 0 Å². The zero-order valence-electron chi connectivity index (χ0n) is 10.8. The second kappa shape index (κ2) is 5.60. The molecule has 1 aromatic heterocycles. The molecule has 3 atom stereocenters. The van der Waals surface area contributed by atoms with Gasteiger partial charge in [0, 0.05) is 6.61 Å². The number of nitrogens with one attached hydrogen (secondary N) is 1. The van der Waals surface area contributed by atoms with E-state index in [1.165, 1.54) is 0 Å². The van der Waals surface area contributed by atoms with Crippen molar-refractivity contribution < 1.29 is 9.15 Å². The van der Waals surface area contributed by atoms with Crippen molar-refractivity contribution in [3.05, 3.63) is 11.8 Å². The van der Waals surface area contributed by atoms with Gasteiger partial charge in [0.15, 0.2) is 0 Å². The highest BCUT2D eigenvalue weighted by atomic mass is 16.5. The molecule has 0 radical (unpaired) electrons. The van der Waals surface area contributed by atoms with Crippen LogP contribution in [0.15, 0.2) is 4.42 Å². The Hall–Kier alpha value is -0.940. The van der Waals surface area contributed by atoms with Gasteiger partial charge in [-0.15, -0.1) is 10.2 Å². The molecule has 5 heteroatoms. The zero-order chi connectivity index (χ0) is 12.3. The molecule has 96 valence electrons. The largest absolute Gasteiger partial charge is 0.421 e. The fourth-order valence-electron chi connectivity index (χ4n) is 2.17. The standard InChI is InChI=1S/C12H21N3O2/c1-4-9(13-5-2)11-14-15-12(17-11)10-8(3)6-7-16-10/h8-10,13H,4-7H2,1-3H3. The lowest BCUT2D eigenvalue weighted by Crippen LogP contribution is -2.20. The number of hydrogen-bond donors (Lipinski definition) is 1. The van der Waals surface area contributed by atoms with Gasteiger partial charge in [0.2, 0.25) is 11.8 Å². The number of hydrogen-bond acceptors (Lipinski definition) is 5. The summed E-state index contributed by atoms with van der Waals surface area (Å²) < 4.78 is 11.4. The summed E-state index contributed by atoms with van der Waals surface area (Å²) in [5.74, 6) is 1.76. The lowest BCUT2D eigenvalue weighted by atomic mass is 10.0.